The number of carbonyl (C=O) groups is 1. The van der Waals surface area contributed by atoms with Gasteiger partial charge < -0.3 is 10.0 Å². The molecule has 0 aliphatic carbocycles. The first-order chi connectivity index (χ1) is 11.7. The third-order valence-corrected chi connectivity index (χ3v) is 6.10. The zero-order valence-corrected chi connectivity index (χ0v) is 14.8. The molecular formula is C20H30N2O2. The van der Waals surface area contributed by atoms with Crippen molar-refractivity contribution in [2.24, 2.45) is 5.41 Å². The van der Waals surface area contributed by atoms with Gasteiger partial charge in [0.1, 0.15) is 0 Å². The molecule has 0 radical (unpaired) electrons. The monoisotopic (exact) mass is 330 g/mol. The molecule has 0 aromatic heterocycles. The summed E-state index contributed by atoms with van der Waals surface area (Å²) in [5, 5.41) is 9.67. The standard InChI is InChI=1S/C20H30N2O2/c1-2-20(16-23)10-13-21(14-11-20)19(24)18-9-6-12-22(18)15-17-7-4-3-5-8-17/h3-5,7-8,18,23H,2,6,9-16H2,1H3. The van der Waals surface area contributed by atoms with E-state index in [2.05, 4.69) is 36.1 Å². The molecule has 0 bridgehead atoms. The summed E-state index contributed by atoms with van der Waals surface area (Å²) in [6.45, 7) is 5.85. The highest BCUT2D eigenvalue weighted by Crippen LogP contribution is 2.35. The van der Waals surface area contributed by atoms with E-state index in [1.165, 1.54) is 5.56 Å². The lowest BCUT2D eigenvalue weighted by Crippen LogP contribution is -2.50. The van der Waals surface area contributed by atoms with Crippen molar-refractivity contribution in [3.63, 3.8) is 0 Å². The molecule has 1 atom stereocenters. The van der Waals surface area contributed by atoms with Gasteiger partial charge in [-0.25, -0.2) is 0 Å². The number of hydrogen-bond acceptors (Lipinski definition) is 3. The summed E-state index contributed by atoms with van der Waals surface area (Å²) in [7, 11) is 0. The van der Waals surface area contributed by atoms with Gasteiger partial charge >= 0.3 is 0 Å². The third-order valence-electron chi connectivity index (χ3n) is 6.10. The minimum atomic E-state index is 0.0356. The van der Waals surface area contributed by atoms with Gasteiger partial charge in [-0.3, -0.25) is 9.69 Å². The first-order valence-electron chi connectivity index (χ1n) is 9.35. The first kappa shape index (κ1) is 17.4. The molecule has 2 aliphatic rings. The summed E-state index contributed by atoms with van der Waals surface area (Å²) < 4.78 is 0. The maximum absolute atomic E-state index is 13.0. The van der Waals surface area contributed by atoms with Crippen molar-refractivity contribution in [3.8, 4) is 0 Å². The van der Waals surface area contributed by atoms with Gasteiger partial charge in [-0.1, -0.05) is 37.3 Å². The van der Waals surface area contributed by atoms with Crippen molar-refractivity contribution in [1.29, 1.82) is 0 Å². The molecular weight excluding hydrogens is 300 g/mol. The Bertz CT molecular complexity index is 532. The van der Waals surface area contributed by atoms with Crippen LogP contribution in [0.4, 0.5) is 0 Å². The molecule has 4 heteroatoms. The van der Waals surface area contributed by atoms with E-state index < -0.39 is 0 Å². The van der Waals surface area contributed by atoms with Crippen molar-refractivity contribution in [1.82, 2.24) is 9.80 Å². The van der Waals surface area contributed by atoms with Gasteiger partial charge in [0, 0.05) is 26.2 Å². The lowest BCUT2D eigenvalue weighted by molar-refractivity contribution is -0.139. The maximum atomic E-state index is 13.0. The lowest BCUT2D eigenvalue weighted by Gasteiger charge is -2.41. The highest BCUT2D eigenvalue weighted by atomic mass is 16.3. The van der Waals surface area contributed by atoms with Crippen LogP contribution in [0.15, 0.2) is 30.3 Å². The average molecular weight is 330 g/mol. The number of likely N-dealkylation sites (tertiary alicyclic amines) is 2. The van der Waals surface area contributed by atoms with E-state index >= 15 is 0 Å². The van der Waals surface area contributed by atoms with Crippen LogP contribution in [0.2, 0.25) is 0 Å². The quantitative estimate of drug-likeness (QED) is 0.903. The minimum Gasteiger partial charge on any atom is -0.396 e. The van der Waals surface area contributed by atoms with E-state index in [0.29, 0.717) is 5.91 Å². The zero-order valence-electron chi connectivity index (χ0n) is 14.8. The molecule has 2 saturated heterocycles. The number of amides is 1. The summed E-state index contributed by atoms with van der Waals surface area (Å²) in [6.07, 6.45) is 4.93. The van der Waals surface area contributed by atoms with Crippen LogP contribution in [0.3, 0.4) is 0 Å². The second kappa shape index (κ2) is 7.66. The van der Waals surface area contributed by atoms with E-state index in [1.54, 1.807) is 0 Å². The molecule has 2 fully saturated rings. The van der Waals surface area contributed by atoms with E-state index in [0.717, 1.165) is 58.3 Å². The topological polar surface area (TPSA) is 43.8 Å². The Morgan fingerprint density at radius 2 is 1.92 bits per heavy atom. The molecule has 4 nitrogen and oxygen atoms in total. The molecule has 0 saturated carbocycles. The highest BCUT2D eigenvalue weighted by molar-refractivity contribution is 5.82. The van der Waals surface area contributed by atoms with Crippen LogP contribution in [0, 0.1) is 5.41 Å². The zero-order chi connectivity index (χ0) is 17.0. The summed E-state index contributed by atoms with van der Waals surface area (Å²) >= 11 is 0. The fraction of sp³-hybridized carbons (Fsp3) is 0.650. The van der Waals surface area contributed by atoms with Crippen LogP contribution >= 0.6 is 0 Å². The van der Waals surface area contributed by atoms with Gasteiger partial charge in [0.2, 0.25) is 5.91 Å². The van der Waals surface area contributed by atoms with Crippen molar-refractivity contribution < 1.29 is 9.90 Å². The Balaban J connectivity index is 1.60. The predicted molar refractivity (Wildman–Crippen MR) is 95.5 cm³/mol. The number of hydrogen-bond donors (Lipinski definition) is 1. The Morgan fingerprint density at radius 1 is 1.21 bits per heavy atom. The molecule has 1 aromatic carbocycles. The number of rotatable bonds is 5. The molecule has 1 N–H and O–H groups in total. The number of aliphatic hydroxyl groups is 1. The average Bonchev–Trinajstić information content (AvgIpc) is 3.10. The largest absolute Gasteiger partial charge is 0.396 e. The van der Waals surface area contributed by atoms with Crippen molar-refractivity contribution >= 4 is 5.91 Å². The van der Waals surface area contributed by atoms with Gasteiger partial charge in [0.15, 0.2) is 0 Å². The number of piperidine rings is 1. The maximum Gasteiger partial charge on any atom is 0.239 e. The highest BCUT2D eigenvalue weighted by Gasteiger charge is 2.38. The Morgan fingerprint density at radius 3 is 2.54 bits per heavy atom. The lowest BCUT2D eigenvalue weighted by atomic mass is 9.77. The summed E-state index contributed by atoms with van der Waals surface area (Å²) in [4.78, 5) is 17.4. The Labute approximate surface area is 145 Å². The Hall–Kier alpha value is -1.39. The molecule has 2 aliphatic heterocycles. The van der Waals surface area contributed by atoms with Crippen LogP contribution in [0.25, 0.3) is 0 Å². The fourth-order valence-corrected chi connectivity index (χ4v) is 4.15. The fourth-order valence-electron chi connectivity index (χ4n) is 4.15. The smallest absolute Gasteiger partial charge is 0.239 e. The molecule has 3 rings (SSSR count). The molecule has 0 spiro atoms. The molecule has 1 unspecified atom stereocenters. The van der Waals surface area contributed by atoms with Crippen LogP contribution in [0.5, 0.6) is 0 Å². The molecule has 1 amide bonds. The van der Waals surface area contributed by atoms with E-state index in [9.17, 15) is 9.90 Å². The van der Waals surface area contributed by atoms with Gasteiger partial charge in [-0.05, 0) is 49.6 Å². The van der Waals surface area contributed by atoms with Crippen LogP contribution < -0.4 is 0 Å². The number of carbonyl (C=O) groups excluding carboxylic acids is 1. The van der Waals surface area contributed by atoms with Crippen LogP contribution in [-0.4, -0.2) is 53.1 Å². The van der Waals surface area contributed by atoms with Crippen molar-refractivity contribution in [2.45, 2.75) is 51.6 Å². The summed E-state index contributed by atoms with van der Waals surface area (Å²) in [5.74, 6) is 0.297. The second-order valence-corrected chi connectivity index (χ2v) is 7.45. The van der Waals surface area contributed by atoms with Crippen LogP contribution in [0.1, 0.15) is 44.6 Å². The number of benzene rings is 1. The van der Waals surface area contributed by atoms with E-state index in [4.69, 9.17) is 0 Å². The number of nitrogens with zero attached hydrogens (tertiary/aromatic N) is 2. The number of aliphatic hydroxyl groups excluding tert-OH is 1. The van der Waals surface area contributed by atoms with E-state index in [-0.39, 0.29) is 18.1 Å². The molecule has 1 aromatic rings. The van der Waals surface area contributed by atoms with Gasteiger partial charge in [-0.2, -0.15) is 0 Å². The van der Waals surface area contributed by atoms with E-state index in [1.807, 2.05) is 11.0 Å². The first-order valence-corrected chi connectivity index (χ1v) is 9.35. The van der Waals surface area contributed by atoms with Gasteiger partial charge in [0.25, 0.3) is 0 Å². The van der Waals surface area contributed by atoms with Crippen LogP contribution in [-0.2, 0) is 11.3 Å². The molecule has 24 heavy (non-hydrogen) atoms. The summed E-state index contributed by atoms with van der Waals surface area (Å²) in [6, 6.07) is 10.5. The van der Waals surface area contributed by atoms with Crippen molar-refractivity contribution in [2.75, 3.05) is 26.2 Å². The SMILES string of the molecule is CCC1(CO)CCN(C(=O)C2CCCN2Cc2ccccc2)CC1. The predicted octanol–water partition coefficient (Wildman–Crippen LogP) is 2.66. The van der Waals surface area contributed by atoms with Crippen molar-refractivity contribution in [3.05, 3.63) is 35.9 Å². The van der Waals surface area contributed by atoms with Gasteiger partial charge in [0.05, 0.1) is 6.04 Å². The Kier molecular flexibility index (Phi) is 5.57. The van der Waals surface area contributed by atoms with Gasteiger partial charge in [-0.15, -0.1) is 0 Å². The second-order valence-electron chi connectivity index (χ2n) is 7.45. The minimum absolute atomic E-state index is 0.0356. The third kappa shape index (κ3) is 3.65. The normalized spacial score (nSPS) is 24.2. The molecule has 2 heterocycles. The summed E-state index contributed by atoms with van der Waals surface area (Å²) in [5.41, 5.74) is 1.32. The molecule has 132 valence electrons.